The Bertz CT molecular complexity index is 993. The maximum Gasteiger partial charge on any atom is 0.407 e. The van der Waals surface area contributed by atoms with Gasteiger partial charge in [0.05, 0.1) is 0 Å². The number of para-hydroxylation sites is 1. The minimum absolute atomic E-state index is 0.347. The molecule has 1 amide bonds. The molecule has 0 bridgehead atoms. The number of hydrogen-bond acceptors (Lipinski definition) is 4. The van der Waals surface area contributed by atoms with E-state index in [9.17, 15) is 9.90 Å². The Labute approximate surface area is 176 Å². The fourth-order valence-corrected chi connectivity index (χ4v) is 4.40. The zero-order valence-corrected chi connectivity index (χ0v) is 17.6. The van der Waals surface area contributed by atoms with Gasteiger partial charge in [-0.05, 0) is 25.3 Å². The van der Waals surface area contributed by atoms with Gasteiger partial charge < -0.3 is 14.2 Å². The molecule has 0 radical (unpaired) electrons. The molecule has 0 saturated carbocycles. The van der Waals surface area contributed by atoms with Crippen molar-refractivity contribution in [1.29, 1.82) is 0 Å². The lowest BCUT2D eigenvalue weighted by molar-refractivity contribution is 0.131. The Balaban J connectivity index is 1.53. The molecule has 7 nitrogen and oxygen atoms in total. The lowest BCUT2D eigenvalue weighted by Gasteiger charge is -2.17. The molecule has 3 aromatic rings. The summed E-state index contributed by atoms with van der Waals surface area (Å²) in [5, 5.41) is 14.7. The number of unbranched alkanes of at least 4 members (excludes halogenated alkanes) is 5. The third-order valence-electron chi connectivity index (χ3n) is 6.01. The van der Waals surface area contributed by atoms with Crippen molar-refractivity contribution in [3.8, 4) is 11.4 Å². The van der Waals surface area contributed by atoms with E-state index in [1.807, 2.05) is 6.07 Å². The van der Waals surface area contributed by atoms with E-state index in [2.05, 4.69) is 46.0 Å². The van der Waals surface area contributed by atoms with Gasteiger partial charge in [-0.15, -0.1) is 0 Å². The summed E-state index contributed by atoms with van der Waals surface area (Å²) in [6, 6.07) is 7.93. The van der Waals surface area contributed by atoms with Gasteiger partial charge in [0.15, 0.2) is 0 Å². The first kappa shape index (κ1) is 20.4. The second kappa shape index (κ2) is 9.32. The van der Waals surface area contributed by atoms with Gasteiger partial charge in [-0.2, -0.15) is 4.98 Å². The topological polar surface area (TPSA) is 84.4 Å². The number of likely N-dealkylation sites (tertiary alicyclic amines) is 1. The average Bonchev–Trinajstić information content (AvgIpc) is 3.48. The summed E-state index contributed by atoms with van der Waals surface area (Å²) in [7, 11) is 0. The number of carboxylic acid groups (broad SMARTS) is 1. The van der Waals surface area contributed by atoms with Crippen molar-refractivity contribution < 1.29 is 14.4 Å². The first-order valence-electron chi connectivity index (χ1n) is 11.1. The molecule has 0 unspecified atom stereocenters. The van der Waals surface area contributed by atoms with Gasteiger partial charge in [0.1, 0.15) is 6.04 Å². The minimum atomic E-state index is -0.937. The smallest absolute Gasteiger partial charge is 0.407 e. The van der Waals surface area contributed by atoms with Crippen LogP contribution in [-0.4, -0.2) is 37.4 Å². The summed E-state index contributed by atoms with van der Waals surface area (Å²) in [5.41, 5.74) is 2.10. The lowest BCUT2D eigenvalue weighted by Crippen LogP contribution is -2.28. The Morgan fingerprint density at radius 1 is 1.20 bits per heavy atom. The van der Waals surface area contributed by atoms with E-state index in [0.29, 0.717) is 24.7 Å². The highest BCUT2D eigenvalue weighted by Crippen LogP contribution is 2.34. The largest absolute Gasteiger partial charge is 0.465 e. The molecule has 1 saturated heterocycles. The summed E-state index contributed by atoms with van der Waals surface area (Å²) in [4.78, 5) is 17.4. The summed E-state index contributed by atoms with van der Waals surface area (Å²) in [6.45, 7) is 3.71. The van der Waals surface area contributed by atoms with Crippen LogP contribution in [0.3, 0.4) is 0 Å². The summed E-state index contributed by atoms with van der Waals surface area (Å²) < 4.78 is 7.78. The Kier molecular flexibility index (Phi) is 6.35. The second-order valence-electron chi connectivity index (χ2n) is 8.11. The van der Waals surface area contributed by atoms with Crippen molar-refractivity contribution in [2.75, 3.05) is 6.54 Å². The number of rotatable bonds is 9. The Hall–Kier alpha value is -2.83. The van der Waals surface area contributed by atoms with Crippen molar-refractivity contribution in [3.05, 3.63) is 36.4 Å². The van der Waals surface area contributed by atoms with Crippen LogP contribution >= 0.6 is 0 Å². The van der Waals surface area contributed by atoms with Crippen molar-refractivity contribution in [1.82, 2.24) is 19.6 Å². The standard InChI is InChI=1S/C23H30N4O3/c1-2-3-4-5-6-9-14-26-16-18(17-11-7-8-12-19(17)26)21-24-22(30-25-21)20-13-10-15-27(20)23(28)29/h7-8,11-12,16,20H,2-6,9-10,13-15H2,1H3,(H,28,29)/t20-/m0/s1. The van der Waals surface area contributed by atoms with E-state index in [-0.39, 0.29) is 6.04 Å². The highest BCUT2D eigenvalue weighted by atomic mass is 16.5. The van der Waals surface area contributed by atoms with Crippen LogP contribution in [0.2, 0.25) is 0 Å². The van der Waals surface area contributed by atoms with Crippen LogP contribution in [0.4, 0.5) is 4.79 Å². The highest BCUT2D eigenvalue weighted by Gasteiger charge is 2.34. The minimum Gasteiger partial charge on any atom is -0.465 e. The molecule has 160 valence electrons. The Morgan fingerprint density at radius 2 is 2.00 bits per heavy atom. The molecule has 30 heavy (non-hydrogen) atoms. The van der Waals surface area contributed by atoms with Crippen LogP contribution in [-0.2, 0) is 6.54 Å². The van der Waals surface area contributed by atoms with Gasteiger partial charge >= 0.3 is 6.09 Å². The normalized spacial score (nSPS) is 16.6. The molecule has 0 aliphatic carbocycles. The average molecular weight is 411 g/mol. The molecular formula is C23H30N4O3. The van der Waals surface area contributed by atoms with Crippen LogP contribution in [0.5, 0.6) is 0 Å². The number of nitrogens with zero attached hydrogens (tertiary/aromatic N) is 4. The highest BCUT2D eigenvalue weighted by molar-refractivity contribution is 5.94. The molecule has 4 rings (SSSR count). The zero-order valence-electron chi connectivity index (χ0n) is 17.6. The molecule has 0 spiro atoms. The Morgan fingerprint density at radius 3 is 2.83 bits per heavy atom. The molecule has 1 fully saturated rings. The predicted molar refractivity (Wildman–Crippen MR) is 115 cm³/mol. The van der Waals surface area contributed by atoms with E-state index >= 15 is 0 Å². The van der Waals surface area contributed by atoms with Gasteiger partial charge in [-0.25, -0.2) is 4.79 Å². The molecule has 1 aromatic carbocycles. The maximum absolute atomic E-state index is 11.5. The monoisotopic (exact) mass is 410 g/mol. The third-order valence-corrected chi connectivity index (χ3v) is 6.01. The molecule has 1 aliphatic rings. The molecule has 7 heteroatoms. The summed E-state index contributed by atoms with van der Waals surface area (Å²) in [5.74, 6) is 0.915. The number of carbonyl (C=O) groups is 1. The van der Waals surface area contributed by atoms with Crippen LogP contribution < -0.4 is 0 Å². The lowest BCUT2D eigenvalue weighted by atomic mass is 10.1. The number of fused-ring (bicyclic) bond motifs is 1. The maximum atomic E-state index is 11.5. The van der Waals surface area contributed by atoms with E-state index in [0.717, 1.165) is 30.3 Å². The quantitative estimate of drug-likeness (QED) is 0.446. The third kappa shape index (κ3) is 4.20. The number of hydrogen-bond donors (Lipinski definition) is 1. The second-order valence-corrected chi connectivity index (χ2v) is 8.11. The van der Waals surface area contributed by atoms with E-state index in [1.54, 1.807) is 0 Å². The SMILES string of the molecule is CCCCCCCCn1cc(-c2noc([C@@H]3CCCN3C(=O)O)n2)c2ccccc21. The molecule has 2 aromatic heterocycles. The van der Waals surface area contributed by atoms with Crippen molar-refractivity contribution in [3.63, 3.8) is 0 Å². The fourth-order valence-electron chi connectivity index (χ4n) is 4.40. The van der Waals surface area contributed by atoms with E-state index in [4.69, 9.17) is 4.52 Å². The van der Waals surface area contributed by atoms with Gasteiger partial charge in [-0.1, -0.05) is 62.4 Å². The first-order valence-corrected chi connectivity index (χ1v) is 11.1. The van der Waals surface area contributed by atoms with Gasteiger partial charge in [0.25, 0.3) is 0 Å². The van der Waals surface area contributed by atoms with Crippen molar-refractivity contribution in [2.24, 2.45) is 0 Å². The number of amides is 1. The predicted octanol–water partition coefficient (Wildman–Crippen LogP) is 5.87. The van der Waals surface area contributed by atoms with E-state index < -0.39 is 6.09 Å². The van der Waals surface area contributed by atoms with E-state index in [1.165, 1.54) is 42.5 Å². The summed E-state index contributed by atoms with van der Waals surface area (Å²) >= 11 is 0. The fraction of sp³-hybridized carbons (Fsp3) is 0.522. The zero-order chi connectivity index (χ0) is 20.9. The van der Waals surface area contributed by atoms with Crippen LogP contribution in [0.1, 0.15) is 70.2 Å². The van der Waals surface area contributed by atoms with Crippen LogP contribution in [0.25, 0.3) is 22.3 Å². The van der Waals surface area contributed by atoms with Gasteiger partial charge in [0.2, 0.25) is 11.7 Å². The van der Waals surface area contributed by atoms with Crippen LogP contribution in [0, 0.1) is 0 Å². The first-order chi connectivity index (χ1) is 14.7. The number of benzene rings is 1. The number of aromatic nitrogens is 3. The number of aryl methyl sites for hydroxylation is 1. The van der Waals surface area contributed by atoms with Crippen LogP contribution in [0.15, 0.2) is 35.0 Å². The molecular weight excluding hydrogens is 380 g/mol. The van der Waals surface area contributed by atoms with Crippen molar-refractivity contribution >= 4 is 17.0 Å². The molecule has 1 N–H and O–H groups in total. The van der Waals surface area contributed by atoms with Crippen molar-refractivity contribution in [2.45, 2.75) is 70.9 Å². The summed E-state index contributed by atoms with van der Waals surface area (Å²) in [6.07, 6.45) is 10.3. The molecule has 1 atom stereocenters. The van der Waals surface area contributed by atoms with Gasteiger partial charge in [-0.3, -0.25) is 4.90 Å². The molecule has 3 heterocycles. The molecule has 1 aliphatic heterocycles. The van der Waals surface area contributed by atoms with Gasteiger partial charge in [0, 0.05) is 35.8 Å².